The summed E-state index contributed by atoms with van der Waals surface area (Å²) in [4.78, 5) is 35.3. The fraction of sp³-hybridized carbons (Fsp3) is 0.375. The van der Waals surface area contributed by atoms with Crippen LogP contribution in [0.15, 0.2) is 59.4 Å². The molecule has 0 aliphatic carbocycles. The zero-order valence-electron chi connectivity index (χ0n) is 23.4. The smallest absolute Gasteiger partial charge is 0.250 e. The van der Waals surface area contributed by atoms with Gasteiger partial charge in [0.2, 0.25) is 5.91 Å². The van der Waals surface area contributed by atoms with Crippen LogP contribution in [0.25, 0.3) is 10.9 Å². The van der Waals surface area contributed by atoms with E-state index in [4.69, 9.17) is 4.74 Å². The van der Waals surface area contributed by atoms with Crippen LogP contribution in [0.5, 0.6) is 5.75 Å². The van der Waals surface area contributed by atoms with Crippen LogP contribution in [0.2, 0.25) is 0 Å². The molecule has 2 aromatic carbocycles. The first-order valence-electron chi connectivity index (χ1n) is 14.7. The monoisotopic (exact) mass is 567 g/mol. The maximum Gasteiger partial charge on any atom is 0.250 e. The van der Waals surface area contributed by atoms with E-state index >= 15 is 0 Å². The number of nitrogens with zero attached hydrogens (tertiary/aromatic N) is 3. The quantitative estimate of drug-likeness (QED) is 0.328. The highest BCUT2D eigenvalue weighted by Gasteiger charge is 2.50. The predicted molar refractivity (Wildman–Crippen MR) is 156 cm³/mol. The molecule has 0 spiro atoms. The summed E-state index contributed by atoms with van der Waals surface area (Å²) in [6.45, 7) is 2.42. The van der Waals surface area contributed by atoms with E-state index in [2.05, 4.69) is 9.88 Å². The number of anilines is 1. The standard InChI is InChI=1S/C32H33N5O5/c1-42-22-6-7-26-23(14-22)25-17-34(10-9-27(25)33-26)32(39)24-13-18-12-21(37(40)41)5-8-29(18)36-15-19-11-20(31(24)36)16-35-28(19)3-2-4-30(35)38/h2-8,12,14,19-20,24,31,33,37,40H,9-11,13,15-17H2,1H3. The van der Waals surface area contributed by atoms with Crippen LogP contribution < -0.4 is 20.4 Å². The van der Waals surface area contributed by atoms with Crippen molar-refractivity contribution in [1.29, 1.82) is 0 Å². The summed E-state index contributed by atoms with van der Waals surface area (Å²) in [5.74, 6) is 0.855. The second-order valence-electron chi connectivity index (χ2n) is 12.2. The molecule has 1 fully saturated rings. The molecule has 0 radical (unpaired) electrons. The number of aromatic nitrogens is 2. The molecule has 3 N–H and O–H groups in total. The molecule has 1 saturated heterocycles. The average molecular weight is 568 g/mol. The molecule has 5 atom stereocenters. The summed E-state index contributed by atoms with van der Waals surface area (Å²) in [6, 6.07) is 16.8. The van der Waals surface area contributed by atoms with Crippen molar-refractivity contribution in [2.45, 2.75) is 44.3 Å². The molecule has 6 heterocycles. The van der Waals surface area contributed by atoms with Gasteiger partial charge in [0.05, 0.1) is 13.0 Å². The van der Waals surface area contributed by atoms with Crippen LogP contribution in [-0.2, 0) is 30.7 Å². The number of piperidine rings is 1. The fourth-order valence-corrected chi connectivity index (χ4v) is 8.21. The molecule has 5 unspecified atom stereocenters. The number of fused-ring (bicyclic) bond motifs is 11. The SMILES string of the molecule is COc1ccc2[nH]c3c(c2c1)CN(C(=O)C1Cc2cc([NH+]([O-])O)ccc2N2CC4CC(Cn5c4cccc5=O)C12)CC3. The van der Waals surface area contributed by atoms with Gasteiger partial charge in [-0.1, -0.05) is 6.07 Å². The lowest BCUT2D eigenvalue weighted by Gasteiger charge is -2.54. The normalized spacial score (nSPS) is 24.8. The van der Waals surface area contributed by atoms with Gasteiger partial charge in [-0.15, -0.1) is 0 Å². The van der Waals surface area contributed by atoms with Gasteiger partial charge in [-0.2, -0.15) is 5.23 Å². The van der Waals surface area contributed by atoms with Crippen LogP contribution in [0.1, 0.15) is 34.9 Å². The molecule has 216 valence electrons. The molecule has 1 amide bonds. The van der Waals surface area contributed by atoms with E-state index in [1.165, 1.54) is 0 Å². The molecule has 0 saturated carbocycles. The number of H-pyrrole nitrogens is 1. The van der Waals surface area contributed by atoms with Gasteiger partial charge in [-0.3, -0.25) is 9.59 Å². The Labute approximate surface area is 242 Å². The molecule has 4 aliphatic heterocycles. The van der Waals surface area contributed by atoms with Gasteiger partial charge in [0.1, 0.15) is 5.75 Å². The molecular weight excluding hydrogens is 534 g/mol. The number of nitrogens with one attached hydrogen (secondary N) is 2. The Kier molecular flexibility index (Phi) is 5.76. The van der Waals surface area contributed by atoms with Crippen LogP contribution >= 0.6 is 0 Å². The average Bonchev–Trinajstić information content (AvgIpc) is 3.37. The second kappa shape index (κ2) is 9.45. The Morgan fingerprint density at radius 2 is 2.02 bits per heavy atom. The number of hydrogen-bond donors (Lipinski definition) is 3. The Bertz CT molecular complexity index is 1790. The Balaban J connectivity index is 1.18. The fourth-order valence-electron chi connectivity index (χ4n) is 8.21. The largest absolute Gasteiger partial charge is 0.595 e. The van der Waals surface area contributed by atoms with Gasteiger partial charge in [0, 0.05) is 96.3 Å². The van der Waals surface area contributed by atoms with Crippen molar-refractivity contribution >= 4 is 28.2 Å². The van der Waals surface area contributed by atoms with Crippen molar-refractivity contribution in [2.75, 3.05) is 25.1 Å². The van der Waals surface area contributed by atoms with E-state index in [9.17, 15) is 20.0 Å². The number of quaternary nitrogens is 1. The molecule has 10 nitrogen and oxygen atoms in total. The highest BCUT2D eigenvalue weighted by atomic mass is 16.8. The number of aromatic amines is 1. The van der Waals surface area contributed by atoms with Crippen LogP contribution in [0, 0.1) is 17.0 Å². The van der Waals surface area contributed by atoms with E-state index in [1.54, 1.807) is 25.3 Å². The number of methoxy groups -OCH3 is 1. The first-order chi connectivity index (χ1) is 20.4. The summed E-state index contributed by atoms with van der Waals surface area (Å²) >= 11 is 0. The third kappa shape index (κ3) is 3.82. The van der Waals surface area contributed by atoms with Crippen LogP contribution in [0.4, 0.5) is 11.4 Å². The predicted octanol–water partition coefficient (Wildman–Crippen LogP) is 2.49. The minimum Gasteiger partial charge on any atom is -0.595 e. The summed E-state index contributed by atoms with van der Waals surface area (Å²) < 4.78 is 7.39. The maximum absolute atomic E-state index is 14.6. The number of carbonyl (C=O) groups excluding carboxylic acids is 1. The van der Waals surface area contributed by atoms with Crippen molar-refractivity contribution in [1.82, 2.24) is 14.5 Å². The third-order valence-electron chi connectivity index (χ3n) is 10.1. The van der Waals surface area contributed by atoms with Crippen molar-refractivity contribution in [2.24, 2.45) is 11.8 Å². The first kappa shape index (κ1) is 25.6. The molecule has 42 heavy (non-hydrogen) atoms. The Morgan fingerprint density at radius 1 is 1.14 bits per heavy atom. The molecule has 8 rings (SSSR count). The number of hydrogen-bond acceptors (Lipinski definition) is 6. The van der Waals surface area contributed by atoms with Crippen molar-refractivity contribution in [3.8, 4) is 5.75 Å². The molecule has 2 aromatic heterocycles. The Hall–Kier alpha value is -4.12. The maximum atomic E-state index is 14.6. The topological polar surface area (TPSA) is 118 Å². The zero-order chi connectivity index (χ0) is 28.7. The van der Waals surface area contributed by atoms with E-state index in [0.717, 1.165) is 57.7 Å². The molecular formula is C32H33N5O5. The Morgan fingerprint density at radius 3 is 2.86 bits per heavy atom. The van der Waals surface area contributed by atoms with Gasteiger partial charge in [0.15, 0.2) is 5.69 Å². The number of carbonyl (C=O) groups is 1. The van der Waals surface area contributed by atoms with Gasteiger partial charge >= 0.3 is 0 Å². The number of amides is 1. The molecule has 4 aromatic rings. The van der Waals surface area contributed by atoms with Crippen molar-refractivity contribution < 1.29 is 20.0 Å². The highest BCUT2D eigenvalue weighted by molar-refractivity contribution is 5.88. The van der Waals surface area contributed by atoms with E-state index in [1.807, 2.05) is 45.9 Å². The van der Waals surface area contributed by atoms with E-state index in [-0.39, 0.29) is 40.9 Å². The number of rotatable bonds is 3. The van der Waals surface area contributed by atoms with Crippen LogP contribution in [0.3, 0.4) is 0 Å². The van der Waals surface area contributed by atoms with Gasteiger partial charge in [0.25, 0.3) is 5.56 Å². The summed E-state index contributed by atoms with van der Waals surface area (Å²) in [6.07, 6.45) is 2.16. The van der Waals surface area contributed by atoms with Crippen molar-refractivity contribution in [3.63, 3.8) is 0 Å². The first-order valence-corrected chi connectivity index (χ1v) is 14.7. The summed E-state index contributed by atoms with van der Waals surface area (Å²) in [5, 5.41) is 21.7. The molecule has 4 aliphatic rings. The number of benzene rings is 2. The van der Waals surface area contributed by atoms with E-state index in [0.29, 0.717) is 32.6 Å². The number of ether oxygens (including phenoxy) is 1. The van der Waals surface area contributed by atoms with Crippen molar-refractivity contribution in [3.05, 3.63) is 92.7 Å². The molecule has 10 heteroatoms. The zero-order valence-corrected chi connectivity index (χ0v) is 23.4. The second-order valence-corrected chi connectivity index (χ2v) is 12.2. The van der Waals surface area contributed by atoms with Gasteiger partial charge in [-0.05, 0) is 54.7 Å². The lowest BCUT2D eigenvalue weighted by molar-refractivity contribution is -0.991. The lowest BCUT2D eigenvalue weighted by Crippen LogP contribution is -2.99. The summed E-state index contributed by atoms with van der Waals surface area (Å²) in [5.41, 5.74) is 6.55. The minimum absolute atomic E-state index is 0.0131. The van der Waals surface area contributed by atoms with Crippen LogP contribution in [-0.4, -0.2) is 51.8 Å². The third-order valence-corrected chi connectivity index (χ3v) is 10.1. The van der Waals surface area contributed by atoms with E-state index < -0.39 is 5.23 Å². The summed E-state index contributed by atoms with van der Waals surface area (Å²) in [7, 11) is 1.66. The lowest BCUT2D eigenvalue weighted by atomic mass is 9.69. The minimum atomic E-state index is -0.968. The molecule has 2 bridgehead atoms. The highest BCUT2D eigenvalue weighted by Crippen LogP contribution is 2.48. The van der Waals surface area contributed by atoms with Gasteiger partial charge < -0.3 is 29.3 Å². The van der Waals surface area contributed by atoms with Gasteiger partial charge in [-0.25, -0.2) is 5.21 Å². The number of pyridine rings is 1.